The van der Waals surface area contributed by atoms with E-state index >= 15 is 0 Å². The molecule has 0 aromatic heterocycles. The Kier molecular flexibility index (Phi) is 48.0. The minimum absolute atomic E-state index is 0.0465. The van der Waals surface area contributed by atoms with Crippen LogP contribution in [0.5, 0.6) is 0 Å². The van der Waals surface area contributed by atoms with E-state index in [1.165, 1.54) is 5.70 Å². The van der Waals surface area contributed by atoms with Crippen molar-refractivity contribution in [3.05, 3.63) is 45.0 Å². The number of allylic oxidation sites excluding steroid dienone is 1. The predicted octanol–water partition coefficient (Wildman–Crippen LogP) is 1.11. The first-order valence-electron chi connectivity index (χ1n) is 6.93. The Morgan fingerprint density at radius 2 is 1.41 bits per heavy atom. The SMILES string of the molecule is CCO[C](=[Cr])/C=C(\CCC1OCCO1)N(C)C.[C-]#[O+].[C-]#[O+].[C-]#[O+].[C-]#[O+].[C-]#[O+]. The van der Waals surface area contributed by atoms with Gasteiger partial charge in [-0.1, -0.05) is 0 Å². The van der Waals surface area contributed by atoms with Gasteiger partial charge in [-0.2, -0.15) is 0 Å². The van der Waals surface area contributed by atoms with Crippen molar-refractivity contribution in [3.8, 4) is 0 Å². The van der Waals surface area contributed by atoms with Crippen LogP contribution in [0.2, 0.25) is 0 Å². The van der Waals surface area contributed by atoms with Crippen LogP contribution < -0.4 is 0 Å². The van der Waals surface area contributed by atoms with E-state index in [2.05, 4.69) is 54.0 Å². The third kappa shape index (κ3) is 26.9. The van der Waals surface area contributed by atoms with Gasteiger partial charge in [-0.3, -0.25) is 0 Å². The second-order valence-corrected chi connectivity index (χ2v) is 4.62. The van der Waals surface area contributed by atoms with Gasteiger partial charge in [0.1, 0.15) is 0 Å². The van der Waals surface area contributed by atoms with Crippen LogP contribution in [0.1, 0.15) is 19.8 Å². The van der Waals surface area contributed by atoms with E-state index in [-0.39, 0.29) is 6.29 Å². The van der Waals surface area contributed by atoms with Gasteiger partial charge in [0.2, 0.25) is 0 Å². The molecular weight excluding hydrogens is 398 g/mol. The number of hydrogen-bond donors (Lipinski definition) is 0. The van der Waals surface area contributed by atoms with Gasteiger partial charge in [-0.25, -0.2) is 0 Å². The molecule has 27 heavy (non-hydrogen) atoms. The Morgan fingerprint density at radius 3 is 1.74 bits per heavy atom. The van der Waals surface area contributed by atoms with Gasteiger partial charge >= 0.3 is 168 Å². The van der Waals surface area contributed by atoms with Gasteiger partial charge in [0, 0.05) is 0 Å². The molecule has 1 aliphatic heterocycles. The Labute approximate surface area is 168 Å². The topological polar surface area (TPSA) is 130 Å². The average Bonchev–Trinajstić information content (AvgIpc) is 3.26. The van der Waals surface area contributed by atoms with Gasteiger partial charge in [0.05, 0.1) is 0 Å². The summed E-state index contributed by atoms with van der Waals surface area (Å²) < 4.78 is 54.6. The molecule has 1 rings (SSSR count). The van der Waals surface area contributed by atoms with Crippen LogP contribution in [0, 0.1) is 33.3 Å². The molecule has 1 heterocycles. The van der Waals surface area contributed by atoms with Gasteiger partial charge in [0.25, 0.3) is 0 Å². The molecule has 0 N–H and O–H groups in total. The zero-order valence-electron chi connectivity index (χ0n) is 15.3. The average molecular weight is 419 g/mol. The molecule has 0 spiro atoms. The third-order valence-corrected chi connectivity index (χ3v) is 2.84. The van der Waals surface area contributed by atoms with Crippen molar-refractivity contribution in [1.82, 2.24) is 4.90 Å². The molecule has 0 saturated carbocycles. The molecule has 0 radical (unpaired) electrons. The molecule has 0 atom stereocenters. The molecule has 0 aromatic rings. The quantitative estimate of drug-likeness (QED) is 0.452. The summed E-state index contributed by atoms with van der Waals surface area (Å²) in [6.45, 7) is 26.6. The van der Waals surface area contributed by atoms with Gasteiger partial charge in [-0.05, 0) is 0 Å². The Balaban J connectivity index is -0.000000139. The van der Waals surface area contributed by atoms with E-state index < -0.39 is 0 Å². The Morgan fingerprint density at radius 1 is 1.00 bits per heavy atom. The number of nitrogens with zero attached hydrogens (tertiary/aromatic N) is 1. The van der Waals surface area contributed by atoms with Crippen LogP contribution in [-0.2, 0) is 53.3 Å². The van der Waals surface area contributed by atoms with Crippen LogP contribution >= 0.6 is 0 Å². The fourth-order valence-electron chi connectivity index (χ4n) is 1.58. The molecule has 0 bridgehead atoms. The Bertz CT molecular complexity index is 425. The van der Waals surface area contributed by atoms with Crippen molar-refractivity contribution in [3.63, 3.8) is 0 Å². The third-order valence-electron chi connectivity index (χ3n) is 2.47. The molecule has 1 saturated heterocycles. The zero-order chi connectivity index (χ0) is 22.7. The molecule has 0 aliphatic carbocycles. The van der Waals surface area contributed by atoms with Crippen LogP contribution in [0.25, 0.3) is 0 Å². The number of hydrogen-bond acceptors (Lipinski definition) is 4. The van der Waals surface area contributed by atoms with Crippen molar-refractivity contribution >= 4 is 4.57 Å². The van der Waals surface area contributed by atoms with E-state index in [4.69, 9.17) is 37.5 Å². The first-order chi connectivity index (χ1) is 13.1. The Hall–Kier alpha value is -1.48. The van der Waals surface area contributed by atoms with E-state index in [0.717, 1.165) is 17.4 Å². The van der Waals surface area contributed by atoms with Gasteiger partial charge < -0.3 is 0 Å². The summed E-state index contributed by atoms with van der Waals surface area (Å²) in [4.78, 5) is 2.09. The van der Waals surface area contributed by atoms with Crippen LogP contribution in [0.3, 0.4) is 0 Å². The summed E-state index contributed by atoms with van der Waals surface area (Å²) >= 11 is 2.92. The first kappa shape index (κ1) is 36.4. The first-order valence-corrected chi connectivity index (χ1v) is 7.57. The fourth-order valence-corrected chi connectivity index (χ4v) is 1.98. The van der Waals surface area contributed by atoms with E-state index in [1.807, 2.05) is 27.1 Å². The van der Waals surface area contributed by atoms with Crippen molar-refractivity contribution in [1.29, 1.82) is 0 Å². The molecule has 10 heteroatoms. The summed E-state index contributed by atoms with van der Waals surface area (Å²) in [6.07, 6.45) is 3.77. The normalized spacial score (nSPS) is 11.4. The molecular formula is C17H21CrNO8. The molecule has 1 fully saturated rings. The second kappa shape index (κ2) is 35.6. The van der Waals surface area contributed by atoms with Crippen LogP contribution in [0.4, 0.5) is 0 Å². The second-order valence-electron chi connectivity index (χ2n) is 3.99. The van der Waals surface area contributed by atoms with Crippen LogP contribution in [-0.4, -0.2) is 49.7 Å². The summed E-state index contributed by atoms with van der Waals surface area (Å²) in [7, 11) is 4.06. The van der Waals surface area contributed by atoms with E-state index in [0.29, 0.717) is 19.8 Å². The molecule has 0 unspecified atom stereocenters. The standard InChI is InChI=1S/C12H21NO3.5CO.Cr/c1-4-14-8-7-11(13(2)3)5-6-12-15-9-10-16-12;5*1-2;/h7,12H,4-6,9-10H2,1-3H3;;;;;;/b11-7+;;;;;;. The van der Waals surface area contributed by atoms with Gasteiger partial charge in [0.15, 0.2) is 0 Å². The van der Waals surface area contributed by atoms with Crippen molar-refractivity contribution in [2.75, 3.05) is 33.9 Å². The molecule has 1 aliphatic rings. The predicted molar refractivity (Wildman–Crippen MR) is 83.0 cm³/mol. The maximum absolute atomic E-state index is 7.50. The number of ether oxygens (including phenoxy) is 3. The van der Waals surface area contributed by atoms with Crippen LogP contribution in [0.15, 0.2) is 11.8 Å². The summed E-state index contributed by atoms with van der Waals surface area (Å²) in [5, 5.41) is 0. The van der Waals surface area contributed by atoms with E-state index in [9.17, 15) is 0 Å². The van der Waals surface area contributed by atoms with Crippen molar-refractivity contribution < 1.29 is 53.3 Å². The summed E-state index contributed by atoms with van der Waals surface area (Å²) in [6, 6.07) is 0. The maximum atomic E-state index is 7.50. The minimum atomic E-state index is -0.0465. The zero-order valence-corrected chi connectivity index (χ0v) is 16.6. The monoisotopic (exact) mass is 419 g/mol. The van der Waals surface area contributed by atoms with Crippen molar-refractivity contribution in [2.24, 2.45) is 0 Å². The molecule has 148 valence electrons. The fraction of sp³-hybridized carbons (Fsp3) is 0.529. The number of rotatable bonds is 7. The summed E-state index contributed by atoms with van der Waals surface area (Å²) in [5.41, 5.74) is 1.20. The molecule has 0 aromatic carbocycles. The molecule has 9 nitrogen and oxygen atoms in total. The van der Waals surface area contributed by atoms with Gasteiger partial charge in [-0.15, -0.1) is 0 Å². The van der Waals surface area contributed by atoms with E-state index in [1.54, 1.807) is 0 Å². The van der Waals surface area contributed by atoms with Crippen molar-refractivity contribution in [2.45, 2.75) is 26.1 Å². The summed E-state index contributed by atoms with van der Waals surface area (Å²) in [5.74, 6) is 0. The molecule has 0 amide bonds.